The Morgan fingerprint density at radius 1 is 0.585 bits per heavy atom. The molecule has 0 aromatic heterocycles. The minimum atomic E-state index is -0.938. The van der Waals surface area contributed by atoms with Crippen LogP contribution < -0.4 is 0 Å². The molecule has 0 fully saturated rings. The summed E-state index contributed by atoms with van der Waals surface area (Å²) in [6, 6.07) is 0. The van der Waals surface area contributed by atoms with Crippen LogP contribution >= 0.6 is 0 Å². The number of ether oxygens (including phenoxy) is 2. The van der Waals surface area contributed by atoms with Gasteiger partial charge in [-0.25, -0.2) is 0 Å². The van der Waals surface area contributed by atoms with Gasteiger partial charge >= 0.3 is 103 Å². The normalized spacial score (nSPS) is 12.4. The molecule has 1 N–H and O–H groups in total. The van der Waals surface area contributed by atoms with E-state index in [2.05, 4.69) is 20.8 Å². The number of rotatable bonds is 31. The first-order chi connectivity index (χ1) is 20.0. The Hall–Kier alpha value is -0.301. The van der Waals surface area contributed by atoms with E-state index in [1.807, 2.05) is 0 Å². The molecule has 1 unspecified atom stereocenters. The second-order valence-corrected chi connectivity index (χ2v) is 13.6. The molecular formula is C35H67O5Sn. The van der Waals surface area contributed by atoms with Gasteiger partial charge in [-0.05, 0) is 32.1 Å². The standard InChI is InChI=1S/C35H67O5.Sn/c1-5-9-13-15-17-19-21-23-25-27-33(37)39-32(31-36)35(29-11-7-3,30-12-8-4)40-34(38)28-26-24-22-20-18-16-14-10-6-2;/h32,36H,2,5-31H2,1,3-4H3;. The van der Waals surface area contributed by atoms with Gasteiger partial charge < -0.3 is 14.6 Å². The van der Waals surface area contributed by atoms with Gasteiger partial charge in [-0.15, -0.1) is 0 Å². The molecule has 0 saturated heterocycles. The minimum absolute atomic E-state index is 0.215. The van der Waals surface area contributed by atoms with Crippen LogP contribution in [0.5, 0.6) is 0 Å². The first-order valence-corrected chi connectivity index (χ1v) is 19.7. The Bertz CT molecular complexity index is 589. The van der Waals surface area contributed by atoms with Crippen molar-refractivity contribution < 1.29 is 24.2 Å². The van der Waals surface area contributed by atoms with E-state index in [0.717, 1.165) is 64.2 Å². The van der Waals surface area contributed by atoms with E-state index in [0.29, 0.717) is 25.7 Å². The number of hydrogen-bond donors (Lipinski definition) is 1. The van der Waals surface area contributed by atoms with Crippen LogP contribution in [-0.2, 0) is 19.1 Å². The molecule has 0 bridgehead atoms. The summed E-state index contributed by atoms with van der Waals surface area (Å²) >= 11 is 1.65. The van der Waals surface area contributed by atoms with Gasteiger partial charge in [-0.3, -0.25) is 9.59 Å². The van der Waals surface area contributed by atoms with Crippen LogP contribution in [0.15, 0.2) is 0 Å². The number of unbranched alkanes of at least 4 members (excludes halogenated alkanes) is 18. The van der Waals surface area contributed by atoms with Crippen molar-refractivity contribution in [1.29, 1.82) is 0 Å². The fourth-order valence-electron chi connectivity index (χ4n) is 5.58. The number of esters is 2. The fourth-order valence-corrected chi connectivity index (χ4v) is 6.30. The quantitative estimate of drug-likeness (QED) is 0.0447. The zero-order valence-electron chi connectivity index (χ0n) is 27.5. The molecule has 0 spiro atoms. The molecule has 0 aliphatic rings. The van der Waals surface area contributed by atoms with Crippen LogP contribution in [0.1, 0.15) is 188 Å². The van der Waals surface area contributed by atoms with Crippen LogP contribution in [0.25, 0.3) is 0 Å². The Labute approximate surface area is 268 Å². The van der Waals surface area contributed by atoms with Gasteiger partial charge in [0.15, 0.2) is 11.7 Å². The molecule has 0 heterocycles. The molecule has 0 aliphatic carbocycles. The Balaban J connectivity index is 4.76. The van der Waals surface area contributed by atoms with Crippen molar-refractivity contribution in [3.8, 4) is 0 Å². The summed E-state index contributed by atoms with van der Waals surface area (Å²) < 4.78 is 13.5. The van der Waals surface area contributed by atoms with E-state index in [1.165, 1.54) is 81.5 Å². The van der Waals surface area contributed by atoms with E-state index in [9.17, 15) is 14.7 Å². The van der Waals surface area contributed by atoms with Crippen LogP contribution in [0, 0.1) is 0 Å². The number of carbonyl (C=O) groups is 2. The zero-order valence-corrected chi connectivity index (χ0v) is 30.3. The van der Waals surface area contributed by atoms with Crippen molar-refractivity contribution in [2.45, 2.75) is 204 Å². The molecule has 41 heavy (non-hydrogen) atoms. The third kappa shape index (κ3) is 22.8. The summed E-state index contributed by atoms with van der Waals surface area (Å²) in [7, 11) is 0. The Kier molecular flexibility index (Phi) is 29.5. The summed E-state index contributed by atoms with van der Waals surface area (Å²) in [6.07, 6.45) is 26.6. The van der Waals surface area contributed by atoms with Gasteiger partial charge in [0, 0.05) is 6.42 Å². The molecule has 241 valence electrons. The topological polar surface area (TPSA) is 72.8 Å². The zero-order chi connectivity index (χ0) is 30.4. The maximum absolute atomic E-state index is 13.0. The van der Waals surface area contributed by atoms with E-state index in [-0.39, 0.29) is 18.5 Å². The average molecular weight is 687 g/mol. The van der Waals surface area contributed by atoms with Gasteiger partial charge in [-0.1, -0.05) is 85.0 Å². The van der Waals surface area contributed by atoms with Gasteiger partial charge in [0.05, 0.1) is 6.61 Å². The number of aliphatic hydroxyl groups excluding tert-OH is 1. The van der Waals surface area contributed by atoms with Crippen LogP contribution in [0.2, 0.25) is 4.44 Å². The summed E-state index contributed by atoms with van der Waals surface area (Å²) in [5.41, 5.74) is -0.938. The maximum atomic E-state index is 13.0. The SMILES string of the molecule is CCCCCCCCCCCC(=O)OC(CO)C(CCCC)(CCCC)OC(=O)CCCCCCCCCC[CH2][Sn]. The van der Waals surface area contributed by atoms with E-state index < -0.39 is 11.7 Å². The van der Waals surface area contributed by atoms with Crippen molar-refractivity contribution >= 4 is 34.5 Å². The Morgan fingerprint density at radius 3 is 1.39 bits per heavy atom. The molecule has 6 heteroatoms. The second-order valence-electron chi connectivity index (χ2n) is 12.2. The van der Waals surface area contributed by atoms with Crippen molar-refractivity contribution in [1.82, 2.24) is 0 Å². The number of aliphatic hydroxyl groups is 1. The Morgan fingerprint density at radius 2 is 0.976 bits per heavy atom. The van der Waals surface area contributed by atoms with Gasteiger partial charge in [0.2, 0.25) is 0 Å². The van der Waals surface area contributed by atoms with Crippen LogP contribution in [0.3, 0.4) is 0 Å². The molecule has 5 nitrogen and oxygen atoms in total. The van der Waals surface area contributed by atoms with Crippen molar-refractivity contribution in [3.05, 3.63) is 0 Å². The molecular weight excluding hydrogens is 619 g/mol. The van der Waals surface area contributed by atoms with Crippen molar-refractivity contribution in [3.63, 3.8) is 0 Å². The molecule has 0 aromatic rings. The predicted molar refractivity (Wildman–Crippen MR) is 173 cm³/mol. The second kappa shape index (κ2) is 29.8. The summed E-state index contributed by atoms with van der Waals surface area (Å²) in [5, 5.41) is 10.3. The molecule has 1 atom stereocenters. The molecule has 0 saturated carbocycles. The summed E-state index contributed by atoms with van der Waals surface area (Å²) in [6.45, 7) is 6.15. The van der Waals surface area contributed by atoms with Gasteiger partial charge in [0.1, 0.15) is 0 Å². The number of carbonyl (C=O) groups excluding carboxylic acids is 2. The molecule has 0 rings (SSSR count). The van der Waals surface area contributed by atoms with E-state index >= 15 is 0 Å². The van der Waals surface area contributed by atoms with E-state index in [4.69, 9.17) is 9.47 Å². The number of hydrogen-bond acceptors (Lipinski definition) is 5. The van der Waals surface area contributed by atoms with Crippen molar-refractivity contribution in [2.24, 2.45) is 0 Å². The molecule has 3 radical (unpaired) electrons. The summed E-state index contributed by atoms with van der Waals surface area (Å²) in [5.74, 6) is -0.496. The first-order valence-electron chi connectivity index (χ1n) is 17.7. The van der Waals surface area contributed by atoms with Crippen molar-refractivity contribution in [2.75, 3.05) is 6.61 Å². The molecule has 0 aromatic carbocycles. The van der Waals surface area contributed by atoms with Crippen LogP contribution in [0.4, 0.5) is 0 Å². The van der Waals surface area contributed by atoms with Gasteiger partial charge in [0.25, 0.3) is 0 Å². The van der Waals surface area contributed by atoms with Crippen LogP contribution in [-0.4, -0.2) is 57.9 Å². The van der Waals surface area contributed by atoms with E-state index in [1.54, 1.807) is 22.5 Å². The molecule has 0 aliphatic heterocycles. The third-order valence-electron chi connectivity index (χ3n) is 8.29. The third-order valence-corrected chi connectivity index (χ3v) is 9.30. The first kappa shape index (κ1) is 40.7. The van der Waals surface area contributed by atoms with Gasteiger partial charge in [-0.2, -0.15) is 0 Å². The summed E-state index contributed by atoms with van der Waals surface area (Å²) in [4.78, 5) is 25.8. The predicted octanol–water partition coefficient (Wildman–Crippen LogP) is 9.96. The monoisotopic (exact) mass is 687 g/mol. The molecule has 0 amide bonds. The fraction of sp³-hybridized carbons (Fsp3) is 0.943. The average Bonchev–Trinajstić information content (AvgIpc) is 2.97.